The summed E-state index contributed by atoms with van der Waals surface area (Å²) in [7, 11) is 0. The zero-order valence-electron chi connectivity index (χ0n) is 52.8. The molecule has 0 fully saturated rings. The van der Waals surface area contributed by atoms with Crippen molar-refractivity contribution in [2.45, 2.75) is 309 Å². The van der Waals surface area contributed by atoms with Crippen molar-refractivity contribution in [2.75, 3.05) is 13.2 Å². The van der Waals surface area contributed by atoms with Crippen LogP contribution in [0.3, 0.4) is 0 Å². The minimum atomic E-state index is -0.788. The highest BCUT2D eigenvalue weighted by atomic mass is 16.6. The third kappa shape index (κ3) is 66.2. The average Bonchev–Trinajstić information content (AvgIpc) is 3.47. The van der Waals surface area contributed by atoms with Gasteiger partial charge in [0, 0.05) is 19.3 Å². The van der Waals surface area contributed by atoms with Crippen molar-refractivity contribution in [3.63, 3.8) is 0 Å². The summed E-state index contributed by atoms with van der Waals surface area (Å²) < 4.78 is 16.9. The molecule has 460 valence electrons. The topological polar surface area (TPSA) is 78.9 Å². The Hall–Kier alpha value is -4.45. The van der Waals surface area contributed by atoms with Crippen molar-refractivity contribution >= 4 is 17.9 Å². The lowest BCUT2D eigenvalue weighted by Crippen LogP contribution is -2.30. The van der Waals surface area contributed by atoms with Crippen LogP contribution in [-0.4, -0.2) is 37.2 Å². The lowest BCUT2D eigenvalue weighted by Gasteiger charge is -2.18. The van der Waals surface area contributed by atoms with E-state index in [1.165, 1.54) is 128 Å². The van der Waals surface area contributed by atoms with Gasteiger partial charge in [0.25, 0.3) is 0 Å². The van der Waals surface area contributed by atoms with E-state index in [0.717, 1.165) is 135 Å². The molecule has 6 heteroatoms. The molecule has 1 unspecified atom stereocenters. The average molecular weight is 1120 g/mol. The van der Waals surface area contributed by atoms with Gasteiger partial charge in [-0.2, -0.15) is 0 Å². The summed E-state index contributed by atoms with van der Waals surface area (Å²) >= 11 is 0. The van der Waals surface area contributed by atoms with Crippen molar-refractivity contribution < 1.29 is 28.6 Å². The maximum atomic E-state index is 12.9. The van der Waals surface area contributed by atoms with Gasteiger partial charge in [0.15, 0.2) is 6.10 Å². The Morgan fingerprint density at radius 3 is 0.778 bits per heavy atom. The van der Waals surface area contributed by atoms with Crippen LogP contribution in [0.1, 0.15) is 303 Å². The third-order valence-corrected chi connectivity index (χ3v) is 14.1. The largest absolute Gasteiger partial charge is 0.462 e. The van der Waals surface area contributed by atoms with E-state index in [0.29, 0.717) is 19.3 Å². The number of esters is 3. The van der Waals surface area contributed by atoms with Gasteiger partial charge in [-0.15, -0.1) is 0 Å². The van der Waals surface area contributed by atoms with Gasteiger partial charge in [-0.3, -0.25) is 14.4 Å². The van der Waals surface area contributed by atoms with Crippen molar-refractivity contribution in [1.82, 2.24) is 0 Å². The van der Waals surface area contributed by atoms with Crippen LogP contribution in [-0.2, 0) is 28.6 Å². The zero-order valence-corrected chi connectivity index (χ0v) is 52.8. The smallest absolute Gasteiger partial charge is 0.306 e. The summed E-state index contributed by atoms with van der Waals surface area (Å²) in [6.45, 7) is 6.48. The summed E-state index contributed by atoms with van der Waals surface area (Å²) in [5, 5.41) is 0. The fourth-order valence-electron chi connectivity index (χ4n) is 9.11. The number of carbonyl (C=O) groups is 3. The molecule has 0 heterocycles. The van der Waals surface area contributed by atoms with Crippen LogP contribution >= 0.6 is 0 Å². The SMILES string of the molecule is CC/C=C\C/C=C\C/C=C\C/C=C\C/C=C\C/C=C\C/C=C\C/C=C\CCCCCCCCCCCCC(=O)OCC(COC(=O)CCCCCCCCCCC)OC(=O)CCCCCCCC/C=C\C/C=C\C/C=C\CCCCC. The van der Waals surface area contributed by atoms with Crippen LogP contribution < -0.4 is 0 Å². The Kier molecular flexibility index (Phi) is 64.3. The van der Waals surface area contributed by atoms with Gasteiger partial charge < -0.3 is 14.2 Å². The molecule has 0 bridgehead atoms. The summed E-state index contributed by atoms with van der Waals surface area (Å²) in [6, 6.07) is 0. The number of ether oxygens (including phenoxy) is 3. The lowest BCUT2D eigenvalue weighted by atomic mass is 10.1. The molecule has 1 atom stereocenters. The predicted molar refractivity (Wildman–Crippen MR) is 353 cm³/mol. The molecule has 0 aromatic carbocycles. The van der Waals surface area contributed by atoms with Gasteiger partial charge in [0.05, 0.1) is 0 Å². The summed E-state index contributed by atoms with van der Waals surface area (Å²) in [5.74, 6) is -0.900. The summed E-state index contributed by atoms with van der Waals surface area (Å²) in [5.41, 5.74) is 0. The van der Waals surface area contributed by atoms with Crippen LogP contribution in [0.2, 0.25) is 0 Å². The lowest BCUT2D eigenvalue weighted by molar-refractivity contribution is -0.167. The number of rotatable bonds is 60. The van der Waals surface area contributed by atoms with Crippen molar-refractivity contribution in [3.8, 4) is 0 Å². The summed E-state index contributed by atoms with van der Waals surface area (Å²) in [6.07, 6.45) is 96.2. The first kappa shape index (κ1) is 76.5. The van der Waals surface area contributed by atoms with E-state index in [4.69, 9.17) is 14.2 Å². The van der Waals surface area contributed by atoms with Crippen LogP contribution in [0.15, 0.2) is 134 Å². The Morgan fingerprint density at radius 1 is 0.259 bits per heavy atom. The van der Waals surface area contributed by atoms with Gasteiger partial charge in [0.1, 0.15) is 13.2 Å². The molecular weight excluding hydrogens is 997 g/mol. The molecule has 0 saturated heterocycles. The highest BCUT2D eigenvalue weighted by Gasteiger charge is 2.19. The molecule has 0 rings (SSSR count). The monoisotopic (exact) mass is 1120 g/mol. The first-order chi connectivity index (χ1) is 40.0. The molecule has 0 aromatic rings. The van der Waals surface area contributed by atoms with Crippen molar-refractivity contribution in [3.05, 3.63) is 134 Å². The van der Waals surface area contributed by atoms with E-state index >= 15 is 0 Å². The molecule has 81 heavy (non-hydrogen) atoms. The van der Waals surface area contributed by atoms with E-state index in [-0.39, 0.29) is 31.1 Å². The Labute approximate surface area is 500 Å². The van der Waals surface area contributed by atoms with E-state index < -0.39 is 6.10 Å². The van der Waals surface area contributed by atoms with Crippen molar-refractivity contribution in [2.24, 2.45) is 0 Å². The second-order valence-corrected chi connectivity index (χ2v) is 22.0. The molecular formula is C75H124O6. The van der Waals surface area contributed by atoms with Crippen LogP contribution in [0.4, 0.5) is 0 Å². The molecule has 0 aliphatic carbocycles. The van der Waals surface area contributed by atoms with E-state index in [1.54, 1.807) is 0 Å². The Bertz CT molecular complexity index is 1720. The summed E-state index contributed by atoms with van der Waals surface area (Å²) in [4.78, 5) is 38.2. The minimum Gasteiger partial charge on any atom is -0.462 e. The molecule has 0 aliphatic rings. The van der Waals surface area contributed by atoms with Crippen LogP contribution in [0, 0.1) is 0 Å². The molecule has 0 amide bonds. The maximum Gasteiger partial charge on any atom is 0.306 e. The predicted octanol–water partition coefficient (Wildman–Crippen LogP) is 23.3. The molecule has 0 aliphatic heterocycles. The Balaban J connectivity index is 4.19. The van der Waals surface area contributed by atoms with Gasteiger partial charge >= 0.3 is 17.9 Å². The zero-order chi connectivity index (χ0) is 58.5. The fourth-order valence-corrected chi connectivity index (χ4v) is 9.11. The highest BCUT2D eigenvalue weighted by molar-refractivity contribution is 5.71. The van der Waals surface area contributed by atoms with Crippen molar-refractivity contribution in [1.29, 1.82) is 0 Å². The highest BCUT2D eigenvalue weighted by Crippen LogP contribution is 2.16. The van der Waals surface area contributed by atoms with Crippen LogP contribution in [0.25, 0.3) is 0 Å². The second kappa shape index (κ2) is 68.1. The third-order valence-electron chi connectivity index (χ3n) is 14.1. The molecule has 0 saturated carbocycles. The minimum absolute atomic E-state index is 0.0846. The number of hydrogen-bond acceptors (Lipinski definition) is 6. The fraction of sp³-hybridized carbons (Fsp3) is 0.667. The number of allylic oxidation sites excluding steroid dienone is 22. The molecule has 0 N–H and O–H groups in total. The van der Waals surface area contributed by atoms with Crippen LogP contribution in [0.5, 0.6) is 0 Å². The van der Waals surface area contributed by atoms with E-state index in [2.05, 4.69) is 154 Å². The van der Waals surface area contributed by atoms with Gasteiger partial charge in [-0.1, -0.05) is 296 Å². The van der Waals surface area contributed by atoms with Gasteiger partial charge in [-0.05, 0) is 122 Å². The molecule has 0 radical (unpaired) electrons. The molecule has 6 nitrogen and oxygen atoms in total. The quantitative estimate of drug-likeness (QED) is 0.0261. The number of carbonyl (C=O) groups excluding carboxylic acids is 3. The molecule has 0 aromatic heterocycles. The van der Waals surface area contributed by atoms with E-state index in [9.17, 15) is 14.4 Å². The first-order valence-electron chi connectivity index (χ1n) is 33.7. The normalized spacial score (nSPS) is 13.0. The van der Waals surface area contributed by atoms with Gasteiger partial charge in [0.2, 0.25) is 0 Å². The standard InChI is InChI=1S/C75H124O6/c1-4-7-10-13-16-19-21-23-25-27-29-30-31-32-33-34-35-36-37-38-39-40-41-42-43-44-46-47-49-51-53-56-59-62-65-68-74(77)80-71-72(70-79-73(76)67-64-61-58-55-18-15-12-9-6-3)81-75(78)69-66-63-60-57-54-52-50-48-45-28-26-24-22-20-17-14-11-8-5-2/h7,10,16-17,19-20,23-26,29-30,32-33,35-36,38-39,41-42,45,48,72H,4-6,8-9,11-15,18,21-22,27-28,31,34,37,40,43-44,46-47,49-71H2,1-3H3/b10-7-,19-16-,20-17-,25-23-,26-24-,30-29-,33-32-,36-35-,39-38-,42-41-,48-45-. The first-order valence-corrected chi connectivity index (χ1v) is 33.7. The van der Waals surface area contributed by atoms with Gasteiger partial charge in [-0.25, -0.2) is 0 Å². The second-order valence-electron chi connectivity index (χ2n) is 22.0. The number of hydrogen-bond donors (Lipinski definition) is 0. The Morgan fingerprint density at radius 2 is 0.481 bits per heavy atom. The number of unbranched alkanes of at least 4 members (excludes halogenated alkanes) is 27. The van der Waals surface area contributed by atoms with E-state index in [1.807, 2.05) is 0 Å². The molecule has 0 spiro atoms. The maximum absolute atomic E-state index is 12.9.